The lowest BCUT2D eigenvalue weighted by atomic mass is 9.93. The van der Waals surface area contributed by atoms with E-state index in [-0.39, 0.29) is 31.4 Å². The van der Waals surface area contributed by atoms with Crippen LogP contribution < -0.4 is 5.32 Å². The third-order valence-electron chi connectivity index (χ3n) is 4.88. The number of carbonyl (C=O) groups is 4. The topological polar surface area (TPSA) is 137 Å². The first kappa shape index (κ1) is 26.1. The number of hydrogen-bond acceptors (Lipinski definition) is 9. The summed E-state index contributed by atoms with van der Waals surface area (Å²) in [6.45, 7) is 10.2. The number of amides is 2. The molecule has 1 saturated heterocycles. The molecule has 1 N–H and O–H groups in total. The van der Waals surface area contributed by atoms with Crippen molar-refractivity contribution in [1.29, 1.82) is 0 Å². The SMILES string of the molecule is CCOC(=O)C(Cc1cc(C2CCCN2C(=O)OC(C)(C)C)no1)(NC(C)=O)C(=O)OCC. The third kappa shape index (κ3) is 6.45. The van der Waals surface area contributed by atoms with Crippen LogP contribution >= 0.6 is 0 Å². The average Bonchev–Trinajstić information content (AvgIpc) is 3.35. The molecule has 1 aromatic heterocycles. The molecule has 33 heavy (non-hydrogen) atoms. The van der Waals surface area contributed by atoms with Gasteiger partial charge in [0.2, 0.25) is 11.4 Å². The molecule has 0 radical (unpaired) electrons. The van der Waals surface area contributed by atoms with Crippen molar-refractivity contribution in [1.82, 2.24) is 15.4 Å². The highest BCUT2D eigenvalue weighted by atomic mass is 16.6. The van der Waals surface area contributed by atoms with Gasteiger partial charge in [0, 0.05) is 19.5 Å². The summed E-state index contributed by atoms with van der Waals surface area (Å²) in [6, 6.07) is 1.18. The molecule has 184 valence electrons. The summed E-state index contributed by atoms with van der Waals surface area (Å²) in [5, 5.41) is 6.44. The zero-order valence-electron chi connectivity index (χ0n) is 20.1. The van der Waals surface area contributed by atoms with Gasteiger partial charge in [0.1, 0.15) is 17.1 Å². The highest BCUT2D eigenvalue weighted by molar-refractivity contribution is 6.08. The minimum atomic E-state index is -2.13. The van der Waals surface area contributed by atoms with Crippen LogP contribution in [0, 0.1) is 0 Å². The van der Waals surface area contributed by atoms with E-state index in [1.807, 2.05) is 0 Å². The van der Waals surface area contributed by atoms with E-state index < -0.39 is 35.1 Å². The standard InChI is InChI=1S/C22H33N3O8/c1-7-30-18(27)22(23-14(3)26,19(28)31-8-2)13-15-12-16(24-33-15)17-10-9-11-25(17)20(29)32-21(4,5)6/h12,17H,7-11,13H2,1-6H3,(H,23,26). The van der Waals surface area contributed by atoms with Crippen LogP contribution in [0.2, 0.25) is 0 Å². The molecule has 11 heteroatoms. The van der Waals surface area contributed by atoms with Crippen LogP contribution in [0.25, 0.3) is 0 Å². The predicted molar refractivity (Wildman–Crippen MR) is 115 cm³/mol. The fraction of sp³-hybridized carbons (Fsp3) is 0.682. The first-order chi connectivity index (χ1) is 15.4. The molecule has 0 spiro atoms. The van der Waals surface area contributed by atoms with Gasteiger partial charge in [-0.15, -0.1) is 0 Å². The molecule has 1 aromatic rings. The first-order valence-corrected chi connectivity index (χ1v) is 11.0. The van der Waals surface area contributed by atoms with Crippen LogP contribution in [0.3, 0.4) is 0 Å². The monoisotopic (exact) mass is 467 g/mol. The normalized spacial score (nSPS) is 16.3. The van der Waals surface area contributed by atoms with E-state index in [2.05, 4.69) is 10.5 Å². The second-order valence-corrected chi connectivity index (χ2v) is 8.75. The van der Waals surface area contributed by atoms with E-state index in [0.29, 0.717) is 18.7 Å². The van der Waals surface area contributed by atoms with E-state index in [0.717, 1.165) is 6.42 Å². The van der Waals surface area contributed by atoms with Crippen LogP contribution in [0.1, 0.15) is 71.9 Å². The zero-order chi connectivity index (χ0) is 24.8. The predicted octanol–water partition coefficient (Wildman–Crippen LogP) is 2.29. The highest BCUT2D eigenvalue weighted by Crippen LogP contribution is 2.33. The minimum Gasteiger partial charge on any atom is -0.464 e. The Morgan fingerprint density at radius 3 is 2.27 bits per heavy atom. The number of hydrogen-bond donors (Lipinski definition) is 1. The number of likely N-dealkylation sites (tertiary alicyclic amines) is 1. The van der Waals surface area contributed by atoms with Gasteiger partial charge in [-0.2, -0.15) is 0 Å². The number of carbonyl (C=O) groups excluding carboxylic acids is 4. The zero-order valence-corrected chi connectivity index (χ0v) is 20.1. The maximum Gasteiger partial charge on any atom is 0.410 e. The Morgan fingerprint density at radius 1 is 1.15 bits per heavy atom. The number of nitrogens with one attached hydrogen (secondary N) is 1. The molecule has 11 nitrogen and oxygen atoms in total. The molecular weight excluding hydrogens is 434 g/mol. The number of esters is 2. The lowest BCUT2D eigenvalue weighted by molar-refractivity contribution is -0.168. The summed E-state index contributed by atoms with van der Waals surface area (Å²) >= 11 is 0. The molecule has 0 saturated carbocycles. The van der Waals surface area contributed by atoms with Crippen molar-refractivity contribution in [3.63, 3.8) is 0 Å². The van der Waals surface area contributed by atoms with Crippen LogP contribution in [0.4, 0.5) is 4.79 Å². The van der Waals surface area contributed by atoms with E-state index >= 15 is 0 Å². The molecule has 1 fully saturated rings. The summed E-state index contributed by atoms with van der Waals surface area (Å²) in [5.74, 6) is -2.40. The number of rotatable bonds is 8. The summed E-state index contributed by atoms with van der Waals surface area (Å²) in [6.07, 6.45) is 0.585. The van der Waals surface area contributed by atoms with Crippen molar-refractivity contribution in [3.05, 3.63) is 17.5 Å². The molecule has 1 aliphatic rings. The van der Waals surface area contributed by atoms with Crippen molar-refractivity contribution in [2.45, 2.75) is 78.0 Å². The Hall–Kier alpha value is -3.11. The van der Waals surface area contributed by atoms with E-state index in [9.17, 15) is 19.2 Å². The summed E-state index contributed by atoms with van der Waals surface area (Å²) in [4.78, 5) is 51.6. The number of nitrogens with zero attached hydrogens (tertiary/aromatic N) is 2. The molecular formula is C22H33N3O8. The van der Waals surface area contributed by atoms with Crippen molar-refractivity contribution >= 4 is 23.9 Å². The lowest BCUT2D eigenvalue weighted by Gasteiger charge is -2.28. The van der Waals surface area contributed by atoms with Gasteiger partial charge in [-0.3, -0.25) is 9.69 Å². The van der Waals surface area contributed by atoms with Crippen LogP contribution in [-0.4, -0.2) is 64.9 Å². The molecule has 1 unspecified atom stereocenters. The van der Waals surface area contributed by atoms with Gasteiger partial charge in [-0.1, -0.05) is 5.16 Å². The summed E-state index contributed by atoms with van der Waals surface area (Å²) in [7, 11) is 0. The second-order valence-electron chi connectivity index (χ2n) is 8.75. The lowest BCUT2D eigenvalue weighted by Crippen LogP contribution is -2.62. The molecule has 0 aliphatic carbocycles. The Labute approximate surface area is 193 Å². The van der Waals surface area contributed by atoms with Crippen molar-refractivity contribution in [2.24, 2.45) is 0 Å². The van der Waals surface area contributed by atoms with Crippen LogP contribution in [0.5, 0.6) is 0 Å². The van der Waals surface area contributed by atoms with Gasteiger partial charge in [0.05, 0.1) is 25.7 Å². The van der Waals surface area contributed by atoms with Crippen LogP contribution in [0.15, 0.2) is 10.6 Å². The molecule has 2 amide bonds. The highest BCUT2D eigenvalue weighted by Gasteiger charge is 2.51. The first-order valence-electron chi connectivity index (χ1n) is 11.0. The molecule has 2 heterocycles. The number of aromatic nitrogens is 1. The average molecular weight is 468 g/mol. The third-order valence-corrected chi connectivity index (χ3v) is 4.88. The van der Waals surface area contributed by atoms with E-state index in [1.165, 1.54) is 6.92 Å². The maximum absolute atomic E-state index is 12.8. The van der Waals surface area contributed by atoms with Crippen molar-refractivity contribution < 1.29 is 37.9 Å². The fourth-order valence-corrected chi connectivity index (χ4v) is 3.63. The van der Waals surface area contributed by atoms with Gasteiger partial charge in [-0.25, -0.2) is 14.4 Å². The Kier molecular flexibility index (Phi) is 8.45. The van der Waals surface area contributed by atoms with E-state index in [4.69, 9.17) is 18.7 Å². The second kappa shape index (κ2) is 10.7. The van der Waals surface area contributed by atoms with Crippen LogP contribution in [-0.2, 0) is 35.0 Å². The minimum absolute atomic E-state index is 0.00580. The maximum atomic E-state index is 12.8. The van der Waals surface area contributed by atoms with Gasteiger partial charge in [0.25, 0.3) is 0 Å². The molecule has 0 aromatic carbocycles. The van der Waals surface area contributed by atoms with E-state index in [1.54, 1.807) is 45.6 Å². The Bertz CT molecular complexity index is 855. The van der Waals surface area contributed by atoms with Gasteiger partial charge >= 0.3 is 18.0 Å². The van der Waals surface area contributed by atoms with Crippen molar-refractivity contribution in [2.75, 3.05) is 19.8 Å². The Morgan fingerprint density at radius 2 is 1.76 bits per heavy atom. The quantitative estimate of drug-likeness (QED) is 0.347. The van der Waals surface area contributed by atoms with Gasteiger partial charge < -0.3 is 24.1 Å². The Balaban J connectivity index is 2.33. The number of ether oxygens (including phenoxy) is 3. The summed E-state index contributed by atoms with van der Waals surface area (Å²) < 4.78 is 21.0. The molecule has 2 rings (SSSR count). The summed E-state index contributed by atoms with van der Waals surface area (Å²) in [5.41, 5.74) is -2.32. The van der Waals surface area contributed by atoms with Crippen molar-refractivity contribution in [3.8, 4) is 0 Å². The molecule has 1 aliphatic heterocycles. The fourth-order valence-electron chi connectivity index (χ4n) is 3.63. The largest absolute Gasteiger partial charge is 0.464 e. The smallest absolute Gasteiger partial charge is 0.410 e. The molecule has 0 bridgehead atoms. The van der Waals surface area contributed by atoms with Gasteiger partial charge in [-0.05, 0) is 47.5 Å². The van der Waals surface area contributed by atoms with Gasteiger partial charge in [0.15, 0.2) is 0 Å². The molecule has 1 atom stereocenters.